The monoisotopic (exact) mass is 270 g/mol. The molecule has 0 aliphatic rings. The molecule has 3 heteroatoms. The zero-order valence-corrected chi connectivity index (χ0v) is 12.4. The summed E-state index contributed by atoms with van der Waals surface area (Å²) in [6, 6.07) is 10.0. The lowest BCUT2D eigenvalue weighted by atomic mass is 10.2. The lowest BCUT2D eigenvalue weighted by Crippen LogP contribution is -2.19. The molecule has 0 saturated carbocycles. The van der Waals surface area contributed by atoms with Crippen LogP contribution in [0.4, 0.5) is 0 Å². The molecule has 0 saturated heterocycles. The maximum atomic E-state index is 5.92. The zero-order valence-electron chi connectivity index (χ0n) is 12.4. The average Bonchev–Trinajstić information content (AvgIpc) is 2.43. The summed E-state index contributed by atoms with van der Waals surface area (Å²) in [5.74, 6) is 2.29. The first kappa shape index (κ1) is 14.5. The van der Waals surface area contributed by atoms with E-state index in [-0.39, 0.29) is 0 Å². The predicted octanol–water partition coefficient (Wildman–Crippen LogP) is 3.93. The van der Waals surface area contributed by atoms with Crippen LogP contribution in [-0.2, 0) is 6.54 Å². The summed E-state index contributed by atoms with van der Waals surface area (Å²) in [5.41, 5.74) is 2.35. The van der Waals surface area contributed by atoms with Crippen LogP contribution in [0.25, 0.3) is 0 Å². The van der Waals surface area contributed by atoms with Gasteiger partial charge < -0.3 is 10.1 Å². The number of hydrogen-bond acceptors (Lipinski definition) is 3. The Hall–Kier alpha value is -1.87. The Labute approximate surface area is 121 Å². The lowest BCUT2D eigenvalue weighted by Gasteiger charge is -2.12. The molecular formula is C17H22N2O. The molecule has 0 atom stereocenters. The van der Waals surface area contributed by atoms with Gasteiger partial charge in [0.05, 0.1) is 6.20 Å². The van der Waals surface area contributed by atoms with Gasteiger partial charge in [0.25, 0.3) is 0 Å². The fourth-order valence-electron chi connectivity index (χ4n) is 1.88. The van der Waals surface area contributed by atoms with Crippen LogP contribution >= 0.6 is 0 Å². The van der Waals surface area contributed by atoms with Crippen LogP contribution in [0.2, 0.25) is 0 Å². The van der Waals surface area contributed by atoms with Crippen molar-refractivity contribution >= 4 is 0 Å². The number of aromatic nitrogens is 1. The van der Waals surface area contributed by atoms with Crippen molar-refractivity contribution in [2.45, 2.75) is 27.3 Å². The van der Waals surface area contributed by atoms with Gasteiger partial charge in [-0.3, -0.25) is 4.98 Å². The van der Waals surface area contributed by atoms with E-state index in [9.17, 15) is 0 Å². The number of hydrogen-bond donors (Lipinski definition) is 1. The van der Waals surface area contributed by atoms with Gasteiger partial charge in [-0.05, 0) is 37.6 Å². The number of ether oxygens (including phenoxy) is 1. The third kappa shape index (κ3) is 4.35. The minimum atomic E-state index is 0.637. The van der Waals surface area contributed by atoms with E-state index in [1.54, 1.807) is 12.4 Å². The molecule has 0 bridgehead atoms. The van der Waals surface area contributed by atoms with E-state index in [1.165, 1.54) is 5.56 Å². The molecule has 106 valence electrons. The van der Waals surface area contributed by atoms with Crippen molar-refractivity contribution in [3.8, 4) is 11.5 Å². The third-order valence-electron chi connectivity index (χ3n) is 2.99. The fourth-order valence-corrected chi connectivity index (χ4v) is 1.88. The Bertz CT molecular complexity index is 535. The molecule has 3 nitrogen and oxygen atoms in total. The molecule has 0 unspecified atom stereocenters. The summed E-state index contributed by atoms with van der Waals surface area (Å²) in [6.07, 6.45) is 3.57. The van der Waals surface area contributed by atoms with Crippen LogP contribution in [0.15, 0.2) is 42.7 Å². The van der Waals surface area contributed by atoms with Crippen molar-refractivity contribution in [1.82, 2.24) is 10.3 Å². The average molecular weight is 270 g/mol. The molecule has 2 aromatic rings. The van der Waals surface area contributed by atoms with Gasteiger partial charge in [0.1, 0.15) is 11.5 Å². The number of rotatable bonds is 6. The first-order chi connectivity index (χ1) is 9.65. The van der Waals surface area contributed by atoms with E-state index in [4.69, 9.17) is 4.74 Å². The Morgan fingerprint density at radius 3 is 2.60 bits per heavy atom. The largest absolute Gasteiger partial charge is 0.455 e. The maximum Gasteiger partial charge on any atom is 0.150 e. The van der Waals surface area contributed by atoms with Gasteiger partial charge in [-0.1, -0.05) is 31.5 Å². The summed E-state index contributed by atoms with van der Waals surface area (Å²) in [5, 5.41) is 3.43. The van der Waals surface area contributed by atoms with Gasteiger partial charge in [-0.15, -0.1) is 0 Å². The van der Waals surface area contributed by atoms with E-state index in [1.807, 2.05) is 30.3 Å². The summed E-state index contributed by atoms with van der Waals surface area (Å²) in [6.45, 7) is 8.25. The van der Waals surface area contributed by atoms with Gasteiger partial charge in [0.15, 0.2) is 0 Å². The van der Waals surface area contributed by atoms with E-state index in [0.717, 1.165) is 30.2 Å². The quantitative estimate of drug-likeness (QED) is 0.863. The molecule has 1 aromatic carbocycles. The summed E-state index contributed by atoms with van der Waals surface area (Å²) < 4.78 is 5.92. The second-order valence-electron chi connectivity index (χ2n) is 5.42. The fraction of sp³-hybridized carbons (Fsp3) is 0.353. The van der Waals surface area contributed by atoms with Crippen molar-refractivity contribution in [2.24, 2.45) is 5.92 Å². The van der Waals surface area contributed by atoms with E-state index >= 15 is 0 Å². The van der Waals surface area contributed by atoms with Crippen LogP contribution < -0.4 is 10.1 Å². The van der Waals surface area contributed by atoms with E-state index in [0.29, 0.717) is 5.92 Å². The number of benzene rings is 1. The summed E-state index contributed by atoms with van der Waals surface area (Å²) >= 11 is 0. The van der Waals surface area contributed by atoms with Crippen molar-refractivity contribution < 1.29 is 4.74 Å². The van der Waals surface area contributed by atoms with E-state index < -0.39 is 0 Å². The van der Waals surface area contributed by atoms with Gasteiger partial charge in [-0.2, -0.15) is 0 Å². The standard InChI is InChI=1S/C17H22N2O/c1-13(2)10-19-11-15-8-9-18-12-17(15)20-16-6-4-14(3)5-7-16/h4-9,12-13,19H,10-11H2,1-3H3. The first-order valence-electron chi connectivity index (χ1n) is 7.03. The van der Waals surface area contributed by atoms with Crippen LogP contribution in [0.5, 0.6) is 11.5 Å². The van der Waals surface area contributed by atoms with Crippen LogP contribution in [0, 0.1) is 12.8 Å². The lowest BCUT2D eigenvalue weighted by molar-refractivity contribution is 0.466. The van der Waals surface area contributed by atoms with Crippen molar-refractivity contribution in [3.05, 3.63) is 53.9 Å². The molecule has 0 amide bonds. The Morgan fingerprint density at radius 2 is 1.90 bits per heavy atom. The molecule has 1 N–H and O–H groups in total. The smallest absolute Gasteiger partial charge is 0.150 e. The highest BCUT2D eigenvalue weighted by Crippen LogP contribution is 2.24. The zero-order chi connectivity index (χ0) is 14.4. The second kappa shape index (κ2) is 7.06. The predicted molar refractivity (Wildman–Crippen MR) is 82.0 cm³/mol. The van der Waals surface area contributed by atoms with Crippen LogP contribution in [0.1, 0.15) is 25.0 Å². The molecule has 2 rings (SSSR count). The summed E-state index contributed by atoms with van der Waals surface area (Å²) in [4.78, 5) is 4.15. The van der Waals surface area contributed by atoms with Gasteiger partial charge in [0, 0.05) is 18.3 Å². The molecule has 0 radical (unpaired) electrons. The first-order valence-corrected chi connectivity index (χ1v) is 7.03. The molecule has 20 heavy (non-hydrogen) atoms. The topological polar surface area (TPSA) is 34.1 Å². The minimum Gasteiger partial charge on any atom is -0.455 e. The number of aryl methyl sites for hydroxylation is 1. The Morgan fingerprint density at radius 1 is 1.15 bits per heavy atom. The number of nitrogens with one attached hydrogen (secondary N) is 1. The van der Waals surface area contributed by atoms with Gasteiger partial charge in [0.2, 0.25) is 0 Å². The number of pyridine rings is 1. The highest BCUT2D eigenvalue weighted by Gasteiger charge is 2.05. The van der Waals surface area contributed by atoms with Crippen molar-refractivity contribution in [1.29, 1.82) is 0 Å². The van der Waals surface area contributed by atoms with Crippen LogP contribution in [-0.4, -0.2) is 11.5 Å². The van der Waals surface area contributed by atoms with Gasteiger partial charge >= 0.3 is 0 Å². The Kier molecular flexibility index (Phi) is 5.13. The molecule has 1 aromatic heterocycles. The SMILES string of the molecule is Cc1ccc(Oc2cnccc2CNCC(C)C)cc1. The molecule has 0 aliphatic carbocycles. The number of nitrogens with zero attached hydrogens (tertiary/aromatic N) is 1. The van der Waals surface area contributed by atoms with Crippen LogP contribution in [0.3, 0.4) is 0 Å². The van der Waals surface area contributed by atoms with Gasteiger partial charge in [-0.25, -0.2) is 0 Å². The molecule has 0 spiro atoms. The normalized spacial score (nSPS) is 10.8. The highest BCUT2D eigenvalue weighted by atomic mass is 16.5. The summed E-state index contributed by atoms with van der Waals surface area (Å²) in [7, 11) is 0. The van der Waals surface area contributed by atoms with E-state index in [2.05, 4.69) is 31.1 Å². The molecule has 0 fully saturated rings. The minimum absolute atomic E-state index is 0.637. The molecule has 0 aliphatic heterocycles. The maximum absolute atomic E-state index is 5.92. The molecular weight excluding hydrogens is 248 g/mol. The third-order valence-corrected chi connectivity index (χ3v) is 2.99. The second-order valence-corrected chi connectivity index (χ2v) is 5.42. The van der Waals surface area contributed by atoms with Crippen molar-refractivity contribution in [3.63, 3.8) is 0 Å². The molecule has 1 heterocycles. The highest BCUT2D eigenvalue weighted by molar-refractivity contribution is 5.36. The van der Waals surface area contributed by atoms with Crippen molar-refractivity contribution in [2.75, 3.05) is 6.54 Å². The Balaban J connectivity index is 2.05.